The third-order valence-electron chi connectivity index (χ3n) is 4.65. The number of amides is 1. The van der Waals surface area contributed by atoms with Crippen molar-refractivity contribution in [1.29, 1.82) is 0 Å². The molecule has 2 aromatic rings. The standard InChI is InChI=1S/C17H21N5O3/c23-15-2-1-11(8-19-15)17-20-13-3-5-22(10-14(13)21-17)16(24)7-12-9-18-4-6-25-12/h1-2,8,12,18H,3-7,9-10H2,(H,19,23)(H,20,21)/t12-/m0/s1. The molecule has 1 fully saturated rings. The van der Waals surface area contributed by atoms with E-state index in [9.17, 15) is 9.59 Å². The first-order valence-corrected chi connectivity index (χ1v) is 8.56. The van der Waals surface area contributed by atoms with Crippen LogP contribution in [0.15, 0.2) is 23.1 Å². The molecule has 2 aromatic heterocycles. The Kier molecular flexibility index (Phi) is 4.37. The minimum atomic E-state index is -0.142. The number of hydrogen-bond acceptors (Lipinski definition) is 5. The molecule has 25 heavy (non-hydrogen) atoms. The average molecular weight is 343 g/mol. The number of pyridine rings is 1. The second-order valence-corrected chi connectivity index (χ2v) is 6.42. The number of carbonyl (C=O) groups excluding carboxylic acids is 1. The predicted octanol–water partition coefficient (Wildman–Crippen LogP) is 0.0282. The molecule has 3 N–H and O–H groups in total. The highest BCUT2D eigenvalue weighted by molar-refractivity contribution is 5.77. The van der Waals surface area contributed by atoms with E-state index in [2.05, 4.69) is 20.3 Å². The number of morpholine rings is 1. The van der Waals surface area contributed by atoms with Crippen molar-refractivity contribution < 1.29 is 9.53 Å². The summed E-state index contributed by atoms with van der Waals surface area (Å²) in [5.74, 6) is 0.829. The molecular weight excluding hydrogens is 322 g/mol. The molecule has 0 saturated carbocycles. The summed E-state index contributed by atoms with van der Waals surface area (Å²) in [6.45, 7) is 3.43. The predicted molar refractivity (Wildman–Crippen MR) is 91.0 cm³/mol. The van der Waals surface area contributed by atoms with Gasteiger partial charge in [0.25, 0.3) is 0 Å². The van der Waals surface area contributed by atoms with Gasteiger partial charge in [-0.2, -0.15) is 0 Å². The second-order valence-electron chi connectivity index (χ2n) is 6.42. The molecule has 0 unspecified atom stereocenters. The number of nitrogens with one attached hydrogen (secondary N) is 3. The number of hydrogen-bond donors (Lipinski definition) is 3. The SMILES string of the molecule is O=C(C[C@H]1CNCCO1)N1CCc2nc(-c3ccc(=O)[nH]c3)[nH]c2C1. The molecule has 132 valence electrons. The van der Waals surface area contributed by atoms with Gasteiger partial charge in [0, 0.05) is 43.9 Å². The zero-order valence-corrected chi connectivity index (χ0v) is 13.9. The Bertz CT molecular complexity index is 801. The highest BCUT2D eigenvalue weighted by Crippen LogP contribution is 2.22. The topological polar surface area (TPSA) is 103 Å². The lowest BCUT2D eigenvalue weighted by Gasteiger charge is -2.29. The third-order valence-corrected chi connectivity index (χ3v) is 4.65. The maximum Gasteiger partial charge on any atom is 0.247 e. The molecule has 0 bridgehead atoms. The van der Waals surface area contributed by atoms with E-state index in [-0.39, 0.29) is 17.6 Å². The fraction of sp³-hybridized carbons (Fsp3) is 0.471. The van der Waals surface area contributed by atoms with E-state index in [4.69, 9.17) is 4.74 Å². The van der Waals surface area contributed by atoms with Crippen LogP contribution in [0, 0.1) is 0 Å². The molecule has 1 saturated heterocycles. The average Bonchev–Trinajstić information content (AvgIpc) is 3.06. The highest BCUT2D eigenvalue weighted by atomic mass is 16.5. The molecule has 0 aliphatic carbocycles. The lowest BCUT2D eigenvalue weighted by Crippen LogP contribution is -2.43. The number of H-pyrrole nitrogens is 2. The first-order chi connectivity index (χ1) is 12.2. The zero-order chi connectivity index (χ0) is 17.2. The van der Waals surface area contributed by atoms with Crippen molar-refractivity contribution in [2.75, 3.05) is 26.2 Å². The van der Waals surface area contributed by atoms with E-state index in [0.717, 1.165) is 42.3 Å². The van der Waals surface area contributed by atoms with Crippen LogP contribution in [0.1, 0.15) is 17.8 Å². The Morgan fingerprint density at radius 3 is 3.08 bits per heavy atom. The zero-order valence-electron chi connectivity index (χ0n) is 13.9. The molecule has 8 heteroatoms. The number of ether oxygens (including phenoxy) is 1. The molecule has 0 spiro atoms. The van der Waals surface area contributed by atoms with E-state index >= 15 is 0 Å². The number of carbonyl (C=O) groups is 1. The fourth-order valence-corrected chi connectivity index (χ4v) is 3.28. The molecule has 2 aliphatic rings. The largest absolute Gasteiger partial charge is 0.375 e. The summed E-state index contributed by atoms with van der Waals surface area (Å²) in [6, 6.07) is 3.21. The van der Waals surface area contributed by atoms with Gasteiger partial charge in [0.05, 0.1) is 37.1 Å². The van der Waals surface area contributed by atoms with Crippen molar-refractivity contribution >= 4 is 5.91 Å². The van der Waals surface area contributed by atoms with Crippen LogP contribution in [-0.4, -0.2) is 58.1 Å². The van der Waals surface area contributed by atoms with Crippen LogP contribution in [0.2, 0.25) is 0 Å². The van der Waals surface area contributed by atoms with E-state index in [1.807, 2.05) is 4.90 Å². The van der Waals surface area contributed by atoms with Gasteiger partial charge in [-0.15, -0.1) is 0 Å². The van der Waals surface area contributed by atoms with Gasteiger partial charge in [0.1, 0.15) is 5.82 Å². The molecule has 4 rings (SSSR count). The maximum atomic E-state index is 12.5. The van der Waals surface area contributed by atoms with Gasteiger partial charge in [0.15, 0.2) is 0 Å². The monoisotopic (exact) mass is 343 g/mol. The number of nitrogens with zero attached hydrogens (tertiary/aromatic N) is 2. The van der Waals surface area contributed by atoms with Crippen LogP contribution in [0.4, 0.5) is 0 Å². The molecular formula is C17H21N5O3. The van der Waals surface area contributed by atoms with Gasteiger partial charge >= 0.3 is 0 Å². The van der Waals surface area contributed by atoms with Crippen molar-refractivity contribution in [2.24, 2.45) is 0 Å². The number of aromatic amines is 2. The van der Waals surface area contributed by atoms with E-state index in [1.54, 1.807) is 12.3 Å². The van der Waals surface area contributed by atoms with Gasteiger partial charge in [-0.1, -0.05) is 0 Å². The third kappa shape index (κ3) is 3.49. The Morgan fingerprint density at radius 2 is 2.32 bits per heavy atom. The van der Waals surface area contributed by atoms with Crippen LogP contribution in [-0.2, 0) is 22.5 Å². The number of aromatic nitrogens is 3. The van der Waals surface area contributed by atoms with Crippen LogP contribution in [0.3, 0.4) is 0 Å². The minimum Gasteiger partial charge on any atom is -0.375 e. The van der Waals surface area contributed by atoms with E-state index < -0.39 is 0 Å². The smallest absolute Gasteiger partial charge is 0.247 e. The quantitative estimate of drug-likeness (QED) is 0.729. The van der Waals surface area contributed by atoms with Gasteiger partial charge < -0.3 is 24.9 Å². The molecule has 1 atom stereocenters. The Morgan fingerprint density at radius 1 is 1.40 bits per heavy atom. The molecule has 0 radical (unpaired) electrons. The van der Waals surface area contributed by atoms with Crippen LogP contribution in [0.5, 0.6) is 0 Å². The lowest BCUT2D eigenvalue weighted by molar-refractivity contribution is -0.135. The highest BCUT2D eigenvalue weighted by Gasteiger charge is 2.26. The van der Waals surface area contributed by atoms with Crippen molar-refractivity contribution in [2.45, 2.75) is 25.5 Å². The summed E-state index contributed by atoms with van der Waals surface area (Å²) < 4.78 is 5.62. The van der Waals surface area contributed by atoms with Crippen LogP contribution >= 0.6 is 0 Å². The minimum absolute atomic E-state index is 0.0406. The summed E-state index contributed by atoms with van der Waals surface area (Å²) in [5, 5.41) is 3.25. The molecule has 2 aliphatic heterocycles. The van der Waals surface area contributed by atoms with Crippen LogP contribution in [0.25, 0.3) is 11.4 Å². The molecule has 4 heterocycles. The number of fused-ring (bicyclic) bond motifs is 1. The van der Waals surface area contributed by atoms with E-state index in [1.165, 1.54) is 6.07 Å². The maximum absolute atomic E-state index is 12.5. The molecule has 8 nitrogen and oxygen atoms in total. The van der Waals surface area contributed by atoms with Gasteiger partial charge in [-0.3, -0.25) is 9.59 Å². The van der Waals surface area contributed by atoms with Gasteiger partial charge in [-0.05, 0) is 6.07 Å². The van der Waals surface area contributed by atoms with E-state index in [0.29, 0.717) is 26.1 Å². The lowest BCUT2D eigenvalue weighted by atomic mass is 10.1. The number of imidazole rings is 1. The fourth-order valence-electron chi connectivity index (χ4n) is 3.28. The number of rotatable bonds is 3. The van der Waals surface area contributed by atoms with Crippen molar-refractivity contribution in [3.05, 3.63) is 40.1 Å². The van der Waals surface area contributed by atoms with Crippen LogP contribution < -0.4 is 10.9 Å². The summed E-state index contributed by atoms with van der Waals surface area (Å²) in [4.78, 5) is 36.1. The Hall–Kier alpha value is -2.45. The summed E-state index contributed by atoms with van der Waals surface area (Å²) >= 11 is 0. The summed E-state index contributed by atoms with van der Waals surface area (Å²) in [6.07, 6.45) is 2.73. The normalized spacial score (nSPS) is 20.3. The second kappa shape index (κ2) is 6.81. The van der Waals surface area contributed by atoms with Crippen molar-refractivity contribution in [3.63, 3.8) is 0 Å². The first kappa shape index (κ1) is 16.0. The summed E-state index contributed by atoms with van der Waals surface area (Å²) in [7, 11) is 0. The Balaban J connectivity index is 1.44. The molecule has 0 aromatic carbocycles. The van der Waals surface area contributed by atoms with Gasteiger partial charge in [-0.25, -0.2) is 4.98 Å². The Labute approximate surface area is 144 Å². The first-order valence-electron chi connectivity index (χ1n) is 8.56. The van der Waals surface area contributed by atoms with Gasteiger partial charge in [0.2, 0.25) is 11.5 Å². The molecule has 1 amide bonds. The summed E-state index contributed by atoms with van der Waals surface area (Å²) in [5.41, 5.74) is 2.63. The van der Waals surface area contributed by atoms with Crippen molar-refractivity contribution in [3.8, 4) is 11.4 Å². The van der Waals surface area contributed by atoms with Crippen molar-refractivity contribution in [1.82, 2.24) is 25.2 Å².